The van der Waals surface area contributed by atoms with Gasteiger partial charge in [0.15, 0.2) is 0 Å². The van der Waals surface area contributed by atoms with E-state index in [0.717, 1.165) is 38.0 Å². The summed E-state index contributed by atoms with van der Waals surface area (Å²) in [5, 5.41) is 10.5. The van der Waals surface area contributed by atoms with Crippen LogP contribution in [0, 0.1) is 15.5 Å². The van der Waals surface area contributed by atoms with Crippen molar-refractivity contribution < 1.29 is 9.66 Å². The molecule has 5 nitrogen and oxygen atoms in total. The molecule has 1 unspecified atom stereocenters. The highest BCUT2D eigenvalue weighted by atomic mass is 16.6. The Balaban J connectivity index is 1.95. The Morgan fingerprint density at radius 2 is 2.11 bits per heavy atom. The molecule has 1 aromatic carbocycles. The van der Waals surface area contributed by atoms with Gasteiger partial charge in [0.1, 0.15) is 0 Å². The van der Waals surface area contributed by atoms with Crippen LogP contribution >= 0.6 is 0 Å². The van der Waals surface area contributed by atoms with Gasteiger partial charge >= 0.3 is 0 Å². The molecule has 2 rings (SSSR count). The summed E-state index contributed by atoms with van der Waals surface area (Å²) in [5.74, 6) is 0. The second-order valence-corrected chi connectivity index (χ2v) is 4.93. The molecule has 0 amide bonds. The number of hydrogen-bond acceptors (Lipinski definition) is 4. The molecule has 18 heavy (non-hydrogen) atoms. The van der Waals surface area contributed by atoms with Gasteiger partial charge in [0.2, 0.25) is 0 Å². The molecule has 1 fully saturated rings. The van der Waals surface area contributed by atoms with Gasteiger partial charge in [-0.1, -0.05) is 12.1 Å². The smallest absolute Gasteiger partial charge is 0.269 e. The van der Waals surface area contributed by atoms with E-state index in [1.165, 1.54) is 0 Å². The van der Waals surface area contributed by atoms with E-state index >= 15 is 0 Å². The van der Waals surface area contributed by atoms with Crippen LogP contribution in [0.15, 0.2) is 24.3 Å². The Kier molecular flexibility index (Phi) is 3.93. The molecule has 1 heterocycles. The zero-order valence-corrected chi connectivity index (χ0v) is 10.3. The molecule has 1 aromatic rings. The maximum Gasteiger partial charge on any atom is 0.269 e. The first kappa shape index (κ1) is 13.0. The Bertz CT molecular complexity index is 411. The zero-order valence-electron chi connectivity index (χ0n) is 10.3. The summed E-state index contributed by atoms with van der Waals surface area (Å²) in [7, 11) is 0. The fourth-order valence-corrected chi connectivity index (χ4v) is 2.30. The van der Waals surface area contributed by atoms with Crippen molar-refractivity contribution in [3.05, 3.63) is 39.9 Å². The molecule has 0 saturated carbocycles. The average Bonchev–Trinajstić information content (AvgIpc) is 2.86. The molecule has 1 aliphatic rings. The first-order chi connectivity index (χ1) is 8.65. The van der Waals surface area contributed by atoms with Gasteiger partial charge in [0.05, 0.1) is 11.5 Å². The lowest BCUT2D eigenvalue weighted by atomic mass is 9.81. The molecular weight excluding hydrogens is 232 g/mol. The van der Waals surface area contributed by atoms with Gasteiger partial charge in [-0.2, -0.15) is 0 Å². The summed E-state index contributed by atoms with van der Waals surface area (Å²) in [6.07, 6.45) is 2.87. The molecule has 1 atom stereocenters. The molecular formula is C13H18N2O3. The van der Waals surface area contributed by atoms with Gasteiger partial charge in [-0.25, -0.2) is 0 Å². The van der Waals surface area contributed by atoms with E-state index < -0.39 is 0 Å². The maximum atomic E-state index is 10.5. The molecule has 0 bridgehead atoms. The molecule has 98 valence electrons. The molecule has 5 heteroatoms. The van der Waals surface area contributed by atoms with Crippen LogP contribution in [-0.4, -0.2) is 24.7 Å². The summed E-state index contributed by atoms with van der Waals surface area (Å²) < 4.78 is 5.42. The van der Waals surface area contributed by atoms with Crippen molar-refractivity contribution in [3.8, 4) is 0 Å². The van der Waals surface area contributed by atoms with E-state index in [1.807, 2.05) is 12.1 Å². The summed E-state index contributed by atoms with van der Waals surface area (Å²) in [4.78, 5) is 10.2. The van der Waals surface area contributed by atoms with Crippen molar-refractivity contribution in [3.63, 3.8) is 0 Å². The highest BCUT2D eigenvalue weighted by Gasteiger charge is 2.32. The minimum absolute atomic E-state index is 0.0990. The molecule has 0 spiro atoms. The van der Waals surface area contributed by atoms with Crippen molar-refractivity contribution in [1.29, 1.82) is 0 Å². The number of aryl methyl sites for hydroxylation is 1. The van der Waals surface area contributed by atoms with Crippen LogP contribution < -0.4 is 5.73 Å². The number of ether oxygens (including phenoxy) is 1. The first-order valence-electron chi connectivity index (χ1n) is 6.16. The van der Waals surface area contributed by atoms with Crippen molar-refractivity contribution in [2.24, 2.45) is 11.1 Å². The van der Waals surface area contributed by atoms with E-state index in [9.17, 15) is 10.1 Å². The highest BCUT2D eigenvalue weighted by molar-refractivity contribution is 5.32. The van der Waals surface area contributed by atoms with Gasteiger partial charge in [0.25, 0.3) is 5.69 Å². The van der Waals surface area contributed by atoms with Gasteiger partial charge in [-0.15, -0.1) is 0 Å². The predicted molar refractivity (Wildman–Crippen MR) is 68.3 cm³/mol. The fraction of sp³-hybridized carbons (Fsp3) is 0.538. The van der Waals surface area contributed by atoms with Crippen LogP contribution in [0.1, 0.15) is 18.4 Å². The topological polar surface area (TPSA) is 78.4 Å². The van der Waals surface area contributed by atoms with Crippen LogP contribution in [0.5, 0.6) is 0 Å². The third-order valence-corrected chi connectivity index (χ3v) is 3.71. The second-order valence-electron chi connectivity index (χ2n) is 4.93. The number of nitro groups is 1. The minimum atomic E-state index is -0.379. The number of nitro benzene ring substituents is 1. The number of nitrogens with two attached hydrogens (primary N) is 1. The van der Waals surface area contributed by atoms with Crippen molar-refractivity contribution in [2.75, 3.05) is 19.8 Å². The standard InChI is InChI=1S/C13H18N2O3/c14-9-13(7-8-18-10-13)6-5-11-1-3-12(4-2-11)15(16)17/h1-4H,5-10,14H2. The number of non-ortho nitro benzene ring substituents is 1. The van der Waals surface area contributed by atoms with Crippen molar-refractivity contribution >= 4 is 5.69 Å². The number of rotatable bonds is 5. The molecule has 0 aromatic heterocycles. The molecule has 1 saturated heterocycles. The molecule has 0 aliphatic carbocycles. The van der Waals surface area contributed by atoms with E-state index in [-0.39, 0.29) is 16.0 Å². The van der Waals surface area contributed by atoms with Crippen LogP contribution in [0.25, 0.3) is 0 Å². The zero-order chi connectivity index (χ0) is 13.0. The van der Waals surface area contributed by atoms with E-state index in [1.54, 1.807) is 12.1 Å². The molecule has 1 aliphatic heterocycles. The monoisotopic (exact) mass is 250 g/mol. The quantitative estimate of drug-likeness (QED) is 0.639. The van der Waals surface area contributed by atoms with Crippen LogP contribution in [0.2, 0.25) is 0 Å². The summed E-state index contributed by atoms with van der Waals surface area (Å²) in [5.41, 5.74) is 7.17. The van der Waals surface area contributed by atoms with Crippen LogP contribution in [0.4, 0.5) is 5.69 Å². The number of benzene rings is 1. The van der Waals surface area contributed by atoms with Gasteiger partial charge < -0.3 is 10.5 Å². The third kappa shape index (κ3) is 2.86. The lowest BCUT2D eigenvalue weighted by Gasteiger charge is -2.25. The summed E-state index contributed by atoms with van der Waals surface area (Å²) in [6.45, 7) is 2.16. The van der Waals surface area contributed by atoms with Gasteiger partial charge in [-0.05, 0) is 24.8 Å². The molecule has 0 radical (unpaired) electrons. The Hall–Kier alpha value is -1.46. The van der Waals surface area contributed by atoms with Crippen molar-refractivity contribution in [1.82, 2.24) is 0 Å². The van der Waals surface area contributed by atoms with Crippen LogP contribution in [0.3, 0.4) is 0 Å². The highest BCUT2D eigenvalue weighted by Crippen LogP contribution is 2.32. The molecule has 2 N–H and O–H groups in total. The normalized spacial score (nSPS) is 23.2. The largest absolute Gasteiger partial charge is 0.381 e. The second kappa shape index (κ2) is 5.46. The summed E-state index contributed by atoms with van der Waals surface area (Å²) >= 11 is 0. The van der Waals surface area contributed by atoms with E-state index in [4.69, 9.17) is 10.5 Å². The Morgan fingerprint density at radius 3 is 2.61 bits per heavy atom. The average molecular weight is 250 g/mol. The fourth-order valence-electron chi connectivity index (χ4n) is 2.30. The van der Waals surface area contributed by atoms with Crippen molar-refractivity contribution in [2.45, 2.75) is 19.3 Å². The maximum absolute atomic E-state index is 10.5. The minimum Gasteiger partial charge on any atom is -0.381 e. The first-order valence-corrected chi connectivity index (χ1v) is 6.16. The number of hydrogen-bond donors (Lipinski definition) is 1. The predicted octanol–water partition coefficient (Wildman–Crippen LogP) is 1.89. The van der Waals surface area contributed by atoms with E-state index in [0.29, 0.717) is 6.54 Å². The lowest BCUT2D eigenvalue weighted by Crippen LogP contribution is -2.31. The Labute approximate surface area is 106 Å². The summed E-state index contributed by atoms with van der Waals surface area (Å²) in [6, 6.07) is 6.74. The number of nitrogens with zero attached hydrogens (tertiary/aromatic N) is 1. The van der Waals surface area contributed by atoms with Crippen LogP contribution in [-0.2, 0) is 11.2 Å². The lowest BCUT2D eigenvalue weighted by molar-refractivity contribution is -0.384. The Morgan fingerprint density at radius 1 is 1.39 bits per heavy atom. The SMILES string of the molecule is NCC1(CCc2ccc([N+](=O)[O-])cc2)CCOC1. The van der Waals surface area contributed by atoms with Gasteiger partial charge in [0, 0.05) is 30.7 Å². The van der Waals surface area contributed by atoms with E-state index in [2.05, 4.69) is 0 Å². The van der Waals surface area contributed by atoms with Gasteiger partial charge in [-0.3, -0.25) is 10.1 Å². The third-order valence-electron chi connectivity index (χ3n) is 3.71.